The molecule has 0 saturated heterocycles. The number of benzene rings is 8. The first-order valence-corrected chi connectivity index (χ1v) is 19.7. The maximum Gasteiger partial charge on any atom is 0.164 e. The molecule has 0 atom stereocenters. The fourth-order valence-electron chi connectivity index (χ4n) is 8.23. The summed E-state index contributed by atoms with van der Waals surface area (Å²) in [5.74, 6) is 1.83. The molecule has 0 N–H and O–H groups in total. The van der Waals surface area contributed by atoms with Crippen LogP contribution in [0.1, 0.15) is 0 Å². The summed E-state index contributed by atoms with van der Waals surface area (Å²) < 4.78 is 15.8. The van der Waals surface area contributed by atoms with E-state index in [9.17, 15) is 0 Å². The zero-order valence-corrected chi connectivity index (χ0v) is 31.1. The van der Waals surface area contributed by atoms with Crippen molar-refractivity contribution in [2.45, 2.75) is 0 Å². The van der Waals surface area contributed by atoms with E-state index in [-0.39, 0.29) is 0 Å². The Morgan fingerprint density at radius 2 is 0.947 bits per heavy atom. The second-order valence-electron chi connectivity index (χ2n) is 14.3. The summed E-state index contributed by atoms with van der Waals surface area (Å²) in [5.41, 5.74) is 10.5. The van der Waals surface area contributed by atoms with Crippen LogP contribution in [-0.4, -0.2) is 15.0 Å². The zero-order chi connectivity index (χ0) is 37.5. The lowest BCUT2D eigenvalue weighted by Crippen LogP contribution is -2.00. The summed E-state index contributed by atoms with van der Waals surface area (Å²) in [4.78, 5) is 14.8. The van der Waals surface area contributed by atoms with Crippen molar-refractivity contribution in [1.82, 2.24) is 15.0 Å². The maximum atomic E-state index is 6.66. The van der Waals surface area contributed by atoms with Gasteiger partial charge in [-0.15, -0.1) is 11.3 Å². The Balaban J connectivity index is 1.03. The van der Waals surface area contributed by atoms with E-state index in [0.29, 0.717) is 17.5 Å². The number of thiophene rings is 1. The Labute approximate surface area is 330 Å². The minimum Gasteiger partial charge on any atom is -0.456 e. The summed E-state index contributed by atoms with van der Waals surface area (Å²) in [6, 6.07) is 61.0. The third kappa shape index (κ3) is 5.19. The highest BCUT2D eigenvalue weighted by Gasteiger charge is 2.20. The van der Waals surface area contributed by atoms with Gasteiger partial charge in [-0.2, -0.15) is 0 Å². The quantitative estimate of drug-likeness (QED) is 0.175. The summed E-state index contributed by atoms with van der Waals surface area (Å²) in [6.07, 6.45) is 0. The van der Waals surface area contributed by atoms with Crippen molar-refractivity contribution in [2.24, 2.45) is 0 Å². The minimum atomic E-state index is 0.586. The Hall–Kier alpha value is -7.41. The van der Waals surface area contributed by atoms with E-state index in [2.05, 4.69) is 97.1 Å². The first-order valence-electron chi connectivity index (χ1n) is 18.9. The lowest BCUT2D eigenvalue weighted by molar-refractivity contribution is 0.668. The lowest BCUT2D eigenvalue weighted by Gasteiger charge is -2.10. The molecule has 12 rings (SSSR count). The molecular formula is C51H29N3O2S. The number of aromatic nitrogens is 3. The number of nitrogens with zero attached hydrogens (tertiary/aromatic N) is 3. The highest BCUT2D eigenvalue weighted by Crippen LogP contribution is 2.45. The van der Waals surface area contributed by atoms with Crippen LogP contribution in [0.4, 0.5) is 0 Å². The molecular weight excluding hydrogens is 719 g/mol. The first kappa shape index (κ1) is 31.9. The molecule has 12 aromatic rings. The molecule has 6 heteroatoms. The molecule has 0 amide bonds. The van der Waals surface area contributed by atoms with Crippen LogP contribution in [0.25, 0.3) is 120 Å². The van der Waals surface area contributed by atoms with Gasteiger partial charge in [0.05, 0.1) is 0 Å². The van der Waals surface area contributed by atoms with E-state index in [0.717, 1.165) is 77.3 Å². The number of para-hydroxylation sites is 1. The van der Waals surface area contributed by atoms with Crippen molar-refractivity contribution in [3.63, 3.8) is 0 Å². The first-order chi connectivity index (χ1) is 28.2. The normalized spacial score (nSPS) is 11.9. The van der Waals surface area contributed by atoms with Crippen molar-refractivity contribution in [3.05, 3.63) is 176 Å². The standard InChI is InChI=1S/C51H29N3O2S/c1-3-12-30(13-4-1)49-52-50(31-14-5-2-6-15-31)54-51(53-49)33-22-24-37-40-26-32(23-25-43(40)55-44(37)29-33)39-27-34(28-41-36-16-7-9-19-42(36)56-48(39)41)35-18-11-21-46-47(35)38-17-8-10-20-45(38)57-46/h1-29H. The number of fused-ring (bicyclic) bond motifs is 9. The van der Waals surface area contributed by atoms with Crippen LogP contribution >= 0.6 is 11.3 Å². The molecule has 0 bridgehead atoms. The van der Waals surface area contributed by atoms with Gasteiger partial charge >= 0.3 is 0 Å². The highest BCUT2D eigenvalue weighted by molar-refractivity contribution is 7.25. The summed E-state index contributed by atoms with van der Waals surface area (Å²) >= 11 is 1.84. The average Bonchev–Trinajstić information content (AvgIpc) is 3.97. The molecule has 0 spiro atoms. The Kier molecular flexibility index (Phi) is 7.03. The van der Waals surface area contributed by atoms with Gasteiger partial charge in [0.25, 0.3) is 0 Å². The smallest absolute Gasteiger partial charge is 0.164 e. The predicted octanol–water partition coefficient (Wildman–Crippen LogP) is 14.4. The van der Waals surface area contributed by atoms with Crippen LogP contribution in [0.3, 0.4) is 0 Å². The third-order valence-corrected chi connectivity index (χ3v) is 12.1. The van der Waals surface area contributed by atoms with Gasteiger partial charge in [-0.25, -0.2) is 15.0 Å². The van der Waals surface area contributed by atoms with Gasteiger partial charge in [0.15, 0.2) is 17.5 Å². The average molecular weight is 748 g/mol. The van der Waals surface area contributed by atoms with Gasteiger partial charge in [0.2, 0.25) is 0 Å². The zero-order valence-electron chi connectivity index (χ0n) is 30.3. The van der Waals surface area contributed by atoms with E-state index in [1.54, 1.807) is 0 Å². The lowest BCUT2D eigenvalue weighted by atomic mass is 9.93. The Bertz CT molecular complexity index is 3470. The largest absolute Gasteiger partial charge is 0.456 e. The summed E-state index contributed by atoms with van der Waals surface area (Å²) in [6.45, 7) is 0. The highest BCUT2D eigenvalue weighted by atomic mass is 32.1. The fraction of sp³-hybridized carbons (Fsp3) is 0. The molecule has 4 heterocycles. The van der Waals surface area contributed by atoms with Gasteiger partial charge in [0, 0.05) is 64.0 Å². The second kappa shape index (κ2) is 12.6. The number of furan rings is 2. The topological polar surface area (TPSA) is 65.0 Å². The van der Waals surface area contributed by atoms with Gasteiger partial charge in [-0.3, -0.25) is 0 Å². The van der Waals surface area contributed by atoms with E-state index in [4.69, 9.17) is 23.8 Å². The van der Waals surface area contributed by atoms with Gasteiger partial charge in [-0.1, -0.05) is 121 Å². The van der Waals surface area contributed by atoms with Gasteiger partial charge in [-0.05, 0) is 71.3 Å². The molecule has 0 unspecified atom stereocenters. The van der Waals surface area contributed by atoms with Crippen molar-refractivity contribution >= 4 is 75.4 Å². The Morgan fingerprint density at radius 3 is 1.74 bits per heavy atom. The van der Waals surface area contributed by atoms with E-state index < -0.39 is 0 Å². The predicted molar refractivity (Wildman–Crippen MR) is 234 cm³/mol. The van der Waals surface area contributed by atoms with Crippen LogP contribution in [0.2, 0.25) is 0 Å². The van der Waals surface area contributed by atoms with E-state index >= 15 is 0 Å². The molecule has 0 aliphatic carbocycles. The van der Waals surface area contributed by atoms with Crippen molar-refractivity contribution in [1.29, 1.82) is 0 Å². The molecule has 57 heavy (non-hydrogen) atoms. The molecule has 5 nitrogen and oxygen atoms in total. The second-order valence-corrected chi connectivity index (χ2v) is 15.4. The van der Waals surface area contributed by atoms with Crippen LogP contribution in [0.5, 0.6) is 0 Å². The fourth-order valence-corrected chi connectivity index (χ4v) is 9.37. The maximum absolute atomic E-state index is 6.66. The molecule has 0 radical (unpaired) electrons. The van der Waals surface area contributed by atoms with Crippen LogP contribution in [-0.2, 0) is 0 Å². The van der Waals surface area contributed by atoms with E-state index in [1.165, 1.54) is 25.7 Å². The number of hydrogen-bond donors (Lipinski definition) is 0. The molecule has 4 aromatic heterocycles. The van der Waals surface area contributed by atoms with Gasteiger partial charge in [0.1, 0.15) is 22.3 Å². The molecule has 0 aliphatic rings. The molecule has 0 saturated carbocycles. The summed E-state index contributed by atoms with van der Waals surface area (Å²) in [5, 5.41) is 6.81. The van der Waals surface area contributed by atoms with E-state index in [1.807, 2.05) is 90.2 Å². The minimum absolute atomic E-state index is 0.586. The number of rotatable bonds is 5. The monoisotopic (exact) mass is 747 g/mol. The molecule has 0 aliphatic heterocycles. The van der Waals surface area contributed by atoms with Crippen LogP contribution < -0.4 is 0 Å². The third-order valence-electron chi connectivity index (χ3n) is 10.9. The summed E-state index contributed by atoms with van der Waals surface area (Å²) in [7, 11) is 0. The number of hydrogen-bond acceptors (Lipinski definition) is 6. The molecule has 8 aromatic carbocycles. The SMILES string of the molecule is c1ccc(-c2nc(-c3ccccc3)nc(-c3ccc4c(c3)oc3ccc(-c5cc(-c6cccc7sc8ccccc8c67)cc6c5oc5ccccc56)cc34)n2)cc1. The van der Waals surface area contributed by atoms with Crippen molar-refractivity contribution in [2.75, 3.05) is 0 Å². The van der Waals surface area contributed by atoms with Gasteiger partial charge < -0.3 is 8.83 Å². The molecule has 266 valence electrons. The van der Waals surface area contributed by atoms with Crippen molar-refractivity contribution in [3.8, 4) is 56.4 Å². The van der Waals surface area contributed by atoms with Crippen LogP contribution in [0.15, 0.2) is 185 Å². The Morgan fingerprint density at radius 1 is 0.333 bits per heavy atom. The van der Waals surface area contributed by atoms with Crippen LogP contribution in [0, 0.1) is 0 Å². The van der Waals surface area contributed by atoms with Crippen molar-refractivity contribution < 1.29 is 8.83 Å². The molecule has 0 fully saturated rings.